The lowest BCUT2D eigenvalue weighted by molar-refractivity contribution is -0.133. The second kappa shape index (κ2) is 10.9. The van der Waals surface area contributed by atoms with Crippen molar-refractivity contribution in [3.8, 4) is 17.5 Å². The van der Waals surface area contributed by atoms with Gasteiger partial charge in [0.05, 0.1) is 25.3 Å². The monoisotopic (exact) mass is 482 g/mol. The lowest BCUT2D eigenvalue weighted by Gasteiger charge is -2.29. The number of halogens is 1. The van der Waals surface area contributed by atoms with Crippen LogP contribution in [0.2, 0.25) is 0 Å². The number of anilines is 1. The minimum atomic E-state index is -1.47. The molecule has 3 aromatic rings. The van der Waals surface area contributed by atoms with Crippen LogP contribution in [0.25, 0.3) is 5.57 Å². The predicted molar refractivity (Wildman–Crippen MR) is 122 cm³/mol. The number of fused-ring (bicyclic) bond motifs is 1. The first-order valence-corrected chi connectivity index (χ1v) is 10.7. The van der Waals surface area contributed by atoms with E-state index in [9.17, 15) is 14.3 Å². The highest BCUT2D eigenvalue weighted by Gasteiger charge is 2.30. The van der Waals surface area contributed by atoms with E-state index in [0.717, 1.165) is 0 Å². The van der Waals surface area contributed by atoms with Crippen molar-refractivity contribution in [1.82, 2.24) is 15.4 Å². The lowest BCUT2D eigenvalue weighted by atomic mass is 9.89. The number of carbonyl (C=O) groups excluding carboxylic acids is 1. The third kappa shape index (κ3) is 5.72. The highest BCUT2D eigenvalue weighted by atomic mass is 19.1. The number of carbonyl (C=O) groups is 1. The number of nitrogen functional groups attached to an aromatic ring is 1. The largest absolute Gasteiger partial charge is 0.460 e. The Kier molecular flexibility index (Phi) is 7.51. The average Bonchev–Trinajstić information content (AvgIpc) is 2.84. The van der Waals surface area contributed by atoms with Gasteiger partial charge in [0.1, 0.15) is 17.3 Å². The number of ether oxygens (including phenoxy) is 2. The van der Waals surface area contributed by atoms with Crippen molar-refractivity contribution in [3.05, 3.63) is 77.4 Å². The molecule has 0 radical (unpaired) electrons. The van der Waals surface area contributed by atoms with Crippen LogP contribution in [0, 0.1) is 5.82 Å². The lowest BCUT2D eigenvalue weighted by Crippen LogP contribution is -2.29. The van der Waals surface area contributed by atoms with Gasteiger partial charge in [0.15, 0.2) is 0 Å². The highest BCUT2D eigenvalue weighted by Crippen LogP contribution is 2.41. The maximum Gasteiger partial charge on any atom is 0.321 e. The number of aliphatic hydroxyl groups is 2. The van der Waals surface area contributed by atoms with Crippen molar-refractivity contribution in [3.63, 3.8) is 0 Å². The van der Waals surface area contributed by atoms with Crippen LogP contribution in [-0.4, -0.2) is 45.6 Å². The molecule has 2 aromatic carbocycles. The Balaban J connectivity index is 1.70. The minimum Gasteiger partial charge on any atom is -0.460 e. The van der Waals surface area contributed by atoms with Gasteiger partial charge < -0.3 is 25.4 Å². The summed E-state index contributed by atoms with van der Waals surface area (Å²) in [5.41, 5.74) is 9.35. The third-order valence-corrected chi connectivity index (χ3v) is 5.16. The number of nitrogens with one attached hydrogen (secondary N) is 1. The molecule has 35 heavy (non-hydrogen) atoms. The number of aliphatic hydroxyl groups excluding tert-OH is 2. The molecule has 0 fully saturated rings. The van der Waals surface area contributed by atoms with Crippen LogP contribution in [0.3, 0.4) is 0 Å². The van der Waals surface area contributed by atoms with Gasteiger partial charge >= 0.3 is 6.01 Å². The van der Waals surface area contributed by atoms with Crippen molar-refractivity contribution in [2.75, 3.05) is 18.9 Å². The summed E-state index contributed by atoms with van der Waals surface area (Å²) in [5.74, 6) is -0.541. The van der Waals surface area contributed by atoms with Crippen molar-refractivity contribution >= 4 is 17.2 Å². The van der Waals surface area contributed by atoms with E-state index in [2.05, 4.69) is 15.4 Å². The zero-order chi connectivity index (χ0) is 24.8. The van der Waals surface area contributed by atoms with E-state index in [0.29, 0.717) is 22.5 Å². The predicted octanol–water partition coefficient (Wildman–Crippen LogP) is 2.13. The quantitative estimate of drug-likeness (QED) is 0.204. The summed E-state index contributed by atoms with van der Waals surface area (Å²) in [5, 5.41) is 19.7. The molecular formula is C24H23FN4O6. The first-order valence-electron chi connectivity index (χ1n) is 10.7. The van der Waals surface area contributed by atoms with Gasteiger partial charge in [-0.05, 0) is 35.4 Å². The zero-order valence-electron chi connectivity index (χ0n) is 18.5. The summed E-state index contributed by atoms with van der Waals surface area (Å²) in [6.45, 7) is -0.358. The Morgan fingerprint density at radius 1 is 1.20 bits per heavy atom. The molecule has 1 unspecified atom stereocenters. The number of hydroxylamine groups is 1. The molecule has 0 aliphatic carbocycles. The van der Waals surface area contributed by atoms with Crippen LogP contribution in [0.15, 0.2) is 60.4 Å². The van der Waals surface area contributed by atoms with Gasteiger partial charge in [-0.15, -0.1) is 0 Å². The number of nitrogens with two attached hydrogens (primary N) is 1. The molecule has 1 atom stereocenters. The summed E-state index contributed by atoms with van der Waals surface area (Å²) in [6, 6.07) is 11.2. The molecule has 0 spiro atoms. The average molecular weight is 482 g/mol. The van der Waals surface area contributed by atoms with Crippen LogP contribution >= 0.6 is 0 Å². The standard InChI is InChI=1S/C24H23FN4O6/c25-22-14(3-1-4-19(22)26)11-18-17(13-21(31)29-33-10-9-30)16-6-5-15(12-20(16)35-23(18)32)34-24-27-7-2-8-28-24/h1-8,12,23,30,32H,9-11,13,26H2,(H,29,31). The number of rotatable bonds is 9. The molecule has 11 heteroatoms. The first kappa shape index (κ1) is 24.1. The van der Waals surface area contributed by atoms with Crippen LogP contribution in [0.1, 0.15) is 17.5 Å². The van der Waals surface area contributed by atoms with E-state index in [4.69, 9.17) is 25.2 Å². The molecule has 1 amide bonds. The van der Waals surface area contributed by atoms with Gasteiger partial charge in [-0.1, -0.05) is 12.1 Å². The van der Waals surface area contributed by atoms with Crippen LogP contribution < -0.4 is 20.7 Å². The number of hydrogen-bond donors (Lipinski definition) is 4. The Morgan fingerprint density at radius 3 is 2.77 bits per heavy atom. The summed E-state index contributed by atoms with van der Waals surface area (Å²) in [6.07, 6.45) is 1.34. The molecule has 0 saturated carbocycles. The minimum absolute atomic E-state index is 0.0312. The second-order valence-corrected chi connectivity index (χ2v) is 7.54. The number of benzene rings is 2. The van der Waals surface area contributed by atoms with E-state index in [-0.39, 0.29) is 49.1 Å². The Labute approximate surface area is 199 Å². The molecule has 0 saturated heterocycles. The Morgan fingerprint density at radius 2 is 2.00 bits per heavy atom. The molecule has 2 heterocycles. The SMILES string of the molecule is Nc1cccc(CC2=C(CC(=O)NOCCO)c3ccc(Oc4ncccn4)cc3OC2O)c1F. The molecule has 5 N–H and O–H groups in total. The van der Waals surface area contributed by atoms with E-state index in [1.54, 1.807) is 30.3 Å². The summed E-state index contributed by atoms with van der Waals surface area (Å²) in [4.78, 5) is 25.4. The number of nitrogens with zero attached hydrogens (tertiary/aromatic N) is 2. The number of hydrogen-bond acceptors (Lipinski definition) is 9. The van der Waals surface area contributed by atoms with Crippen LogP contribution in [0.4, 0.5) is 10.1 Å². The van der Waals surface area contributed by atoms with E-state index >= 15 is 0 Å². The fourth-order valence-corrected chi connectivity index (χ4v) is 3.59. The molecule has 10 nitrogen and oxygen atoms in total. The van der Waals surface area contributed by atoms with Crippen molar-refractivity contribution in [2.24, 2.45) is 0 Å². The molecular weight excluding hydrogens is 459 g/mol. The molecule has 1 aliphatic heterocycles. The van der Waals surface area contributed by atoms with Crippen molar-refractivity contribution in [2.45, 2.75) is 19.1 Å². The molecule has 1 aromatic heterocycles. The van der Waals surface area contributed by atoms with Gasteiger partial charge in [-0.2, -0.15) is 0 Å². The Hall–Kier alpha value is -4.06. The number of aromatic nitrogens is 2. The van der Waals surface area contributed by atoms with Gasteiger partial charge in [-0.25, -0.2) is 19.8 Å². The van der Waals surface area contributed by atoms with Gasteiger partial charge in [0.25, 0.3) is 0 Å². The van der Waals surface area contributed by atoms with Crippen molar-refractivity contribution < 1.29 is 33.7 Å². The van der Waals surface area contributed by atoms with Gasteiger partial charge in [0, 0.05) is 36.0 Å². The van der Waals surface area contributed by atoms with E-state index < -0.39 is 18.0 Å². The topological polar surface area (TPSA) is 149 Å². The molecule has 4 rings (SSSR count). The Bertz CT molecular complexity index is 1240. The fraction of sp³-hybridized carbons (Fsp3) is 0.208. The molecule has 1 aliphatic rings. The van der Waals surface area contributed by atoms with Crippen LogP contribution in [-0.2, 0) is 16.1 Å². The van der Waals surface area contributed by atoms with Crippen LogP contribution in [0.5, 0.6) is 17.5 Å². The maximum absolute atomic E-state index is 14.6. The highest BCUT2D eigenvalue weighted by molar-refractivity contribution is 5.91. The fourth-order valence-electron chi connectivity index (χ4n) is 3.59. The zero-order valence-corrected chi connectivity index (χ0v) is 18.5. The second-order valence-electron chi connectivity index (χ2n) is 7.54. The maximum atomic E-state index is 14.6. The first-order chi connectivity index (χ1) is 17.0. The molecule has 0 bridgehead atoms. The summed E-state index contributed by atoms with van der Waals surface area (Å²) < 4.78 is 25.9. The van der Waals surface area contributed by atoms with Gasteiger partial charge in [-0.3, -0.25) is 9.63 Å². The van der Waals surface area contributed by atoms with E-state index in [1.165, 1.54) is 24.5 Å². The third-order valence-electron chi connectivity index (χ3n) is 5.16. The van der Waals surface area contributed by atoms with Gasteiger partial charge in [0.2, 0.25) is 12.2 Å². The van der Waals surface area contributed by atoms with Crippen molar-refractivity contribution in [1.29, 1.82) is 0 Å². The summed E-state index contributed by atoms with van der Waals surface area (Å²) in [7, 11) is 0. The van der Waals surface area contributed by atoms with E-state index in [1.807, 2.05) is 0 Å². The number of amides is 1. The summed E-state index contributed by atoms with van der Waals surface area (Å²) >= 11 is 0. The normalized spacial score (nSPS) is 14.8. The smallest absolute Gasteiger partial charge is 0.321 e. The molecule has 182 valence electrons.